The highest BCUT2D eigenvalue weighted by Gasteiger charge is 2.64. The molecule has 1 aliphatic carbocycles. The number of nitrogens with one attached hydrogen (secondary N) is 3. The minimum atomic E-state index is -4.78. The van der Waals surface area contributed by atoms with Gasteiger partial charge in [-0.25, -0.2) is 23.2 Å². The van der Waals surface area contributed by atoms with Crippen molar-refractivity contribution < 1.29 is 49.4 Å². The average Bonchev–Trinajstić information content (AvgIpc) is 3.56. The Bertz CT molecular complexity index is 2180. The molecule has 0 unspecified atom stereocenters. The van der Waals surface area contributed by atoms with Gasteiger partial charge in [-0.2, -0.15) is 31.4 Å². The number of alkyl carbamates (subject to hydrolysis) is 1. The van der Waals surface area contributed by atoms with E-state index in [-0.39, 0.29) is 72.1 Å². The summed E-state index contributed by atoms with van der Waals surface area (Å²) >= 11 is 6.43. The van der Waals surface area contributed by atoms with Gasteiger partial charge in [-0.1, -0.05) is 38.4 Å². The first-order chi connectivity index (χ1) is 27.6. The molecular formula is C36H38ClF8N11O3. The molecule has 23 heteroatoms. The molecule has 2 amide bonds. The first-order valence-corrected chi connectivity index (χ1v) is 18.5. The van der Waals surface area contributed by atoms with Crippen LogP contribution in [0.15, 0.2) is 48.8 Å². The number of halogens is 9. The summed E-state index contributed by atoms with van der Waals surface area (Å²) in [6.45, 7) is 5.22. The summed E-state index contributed by atoms with van der Waals surface area (Å²) in [5.74, 6) is -3.18. The summed E-state index contributed by atoms with van der Waals surface area (Å²) in [4.78, 5) is 33.7. The van der Waals surface area contributed by atoms with E-state index in [0.29, 0.717) is 12.1 Å². The van der Waals surface area contributed by atoms with Crippen molar-refractivity contribution >= 4 is 35.2 Å². The molecule has 4 aromatic rings. The highest BCUT2D eigenvalue weighted by Crippen LogP contribution is 2.49. The number of ether oxygens (including phenoxy) is 1. The number of nitrogens with zero attached hydrogens (tertiary/aromatic N) is 8. The number of hydrogen-bond donors (Lipinski definition) is 3. The van der Waals surface area contributed by atoms with E-state index in [4.69, 9.17) is 21.7 Å². The lowest BCUT2D eigenvalue weighted by Gasteiger charge is -2.33. The highest BCUT2D eigenvalue weighted by atomic mass is 35.5. The van der Waals surface area contributed by atoms with E-state index in [1.165, 1.54) is 42.5 Å². The molecule has 1 fully saturated rings. The van der Waals surface area contributed by atoms with Gasteiger partial charge < -0.3 is 24.8 Å². The van der Waals surface area contributed by atoms with E-state index in [1.807, 2.05) is 26.1 Å². The first-order valence-electron chi connectivity index (χ1n) is 18.1. The van der Waals surface area contributed by atoms with Crippen LogP contribution in [0.1, 0.15) is 85.9 Å². The Morgan fingerprint density at radius 1 is 1.02 bits per heavy atom. The van der Waals surface area contributed by atoms with Crippen molar-refractivity contribution in [2.24, 2.45) is 5.41 Å². The number of alkyl halides is 8. The molecule has 6 rings (SSSR count). The van der Waals surface area contributed by atoms with Crippen molar-refractivity contribution in [2.45, 2.75) is 83.5 Å². The van der Waals surface area contributed by atoms with E-state index >= 15 is 0 Å². The van der Waals surface area contributed by atoms with Gasteiger partial charge in [-0.3, -0.25) is 15.1 Å². The van der Waals surface area contributed by atoms with Gasteiger partial charge in [0.1, 0.15) is 18.5 Å². The zero-order valence-electron chi connectivity index (χ0n) is 31.6. The number of guanidine groups is 1. The number of rotatable bonds is 11. The zero-order valence-corrected chi connectivity index (χ0v) is 32.4. The second-order valence-corrected chi connectivity index (χ2v) is 15.6. The Morgan fingerprint density at radius 3 is 2.32 bits per heavy atom. The third kappa shape index (κ3) is 9.52. The third-order valence-corrected chi connectivity index (χ3v) is 10.1. The van der Waals surface area contributed by atoms with Gasteiger partial charge in [0, 0.05) is 30.9 Å². The Labute approximate surface area is 336 Å². The number of hydrogen-bond acceptors (Lipinski definition) is 9. The Hall–Kier alpha value is -5.54. The molecule has 0 radical (unpaired) electrons. The molecule has 1 atom stereocenters. The molecule has 59 heavy (non-hydrogen) atoms. The standard InChI is InChI=1S/C36H38ClF8N11O3/c1-33(2,3)12-13-47-31(46)55(29(57)20-4-7-22(8-5-20)53-14-15-54-26(17-53)51-52-30(54)35(40,41)42)25(18-59-32(58)50-34(10-11-34)36(43,44)45)21-6-9-23(37)24(16-21)56-28(27(38)39)48-19-49-56/h4-9,16,19,25,27H,10-15,17-18H2,1-3H3,(H2,46,47)(H,50,58)/t25-/m1/s1. The van der Waals surface area contributed by atoms with Crippen LogP contribution in [0.2, 0.25) is 5.02 Å². The molecule has 3 heterocycles. The van der Waals surface area contributed by atoms with Crippen molar-refractivity contribution in [1.82, 2.24) is 45.1 Å². The molecule has 2 aliphatic rings. The molecule has 14 nitrogen and oxygen atoms in total. The normalized spacial score (nSPS) is 15.7. The molecule has 1 aliphatic heterocycles. The Kier molecular flexibility index (Phi) is 11.9. The van der Waals surface area contributed by atoms with Crippen LogP contribution in [0.3, 0.4) is 0 Å². The van der Waals surface area contributed by atoms with Gasteiger partial charge in [0.2, 0.25) is 5.82 Å². The quantitative estimate of drug-likeness (QED) is 0.0791. The maximum absolute atomic E-state index is 14.6. The maximum atomic E-state index is 14.6. The topological polar surface area (TPSA) is 159 Å². The van der Waals surface area contributed by atoms with Crippen LogP contribution >= 0.6 is 11.6 Å². The van der Waals surface area contributed by atoms with Gasteiger partial charge in [0.05, 0.1) is 23.3 Å². The van der Waals surface area contributed by atoms with Crippen LogP contribution in [-0.4, -0.2) is 83.8 Å². The van der Waals surface area contributed by atoms with E-state index < -0.39 is 66.6 Å². The smallest absolute Gasteiger partial charge is 0.447 e. The van der Waals surface area contributed by atoms with E-state index in [0.717, 1.165) is 20.5 Å². The van der Waals surface area contributed by atoms with Crippen LogP contribution in [0.5, 0.6) is 0 Å². The fourth-order valence-corrected chi connectivity index (χ4v) is 6.57. The summed E-state index contributed by atoms with van der Waals surface area (Å²) in [6, 6.07) is 8.25. The van der Waals surface area contributed by atoms with Gasteiger partial charge >= 0.3 is 18.4 Å². The van der Waals surface area contributed by atoms with Crippen LogP contribution in [0.4, 0.5) is 45.6 Å². The molecule has 0 saturated heterocycles. The van der Waals surface area contributed by atoms with Gasteiger partial charge in [-0.15, -0.1) is 10.2 Å². The van der Waals surface area contributed by atoms with Gasteiger partial charge in [0.25, 0.3) is 12.3 Å². The number of carbonyl (C=O) groups is 2. The predicted octanol–water partition coefficient (Wildman–Crippen LogP) is 7.45. The Balaban J connectivity index is 1.35. The summed E-state index contributed by atoms with van der Waals surface area (Å²) in [5.41, 5.74) is -2.32. The van der Waals surface area contributed by atoms with Crippen LogP contribution in [-0.2, 0) is 24.0 Å². The largest absolute Gasteiger partial charge is 0.451 e. The maximum Gasteiger partial charge on any atom is 0.451 e. The molecular weight excluding hydrogens is 822 g/mol. The number of anilines is 1. The monoisotopic (exact) mass is 859 g/mol. The highest BCUT2D eigenvalue weighted by molar-refractivity contribution is 6.32. The van der Waals surface area contributed by atoms with E-state index in [2.05, 4.69) is 25.6 Å². The average molecular weight is 860 g/mol. The molecule has 318 valence electrons. The second kappa shape index (κ2) is 16.3. The van der Waals surface area contributed by atoms with Crippen LogP contribution < -0.4 is 15.5 Å². The van der Waals surface area contributed by atoms with Crippen LogP contribution in [0, 0.1) is 10.8 Å². The Morgan fingerprint density at radius 2 is 1.71 bits per heavy atom. The summed E-state index contributed by atoms with van der Waals surface area (Å²) in [6.07, 6.45) is -13.4. The number of amides is 2. The SMILES string of the molecule is CC(C)(C)CCNC(=N)N(C(=O)c1ccc(N2CCn3c(nnc3C(F)(F)F)C2)cc1)[C@H](COC(=O)NC1(C(F)(F)F)CC1)c1ccc(Cl)c(-n2ncnc2C(F)F)c1. The number of fused-ring (bicyclic) bond motifs is 1. The lowest BCUT2D eigenvalue weighted by Crippen LogP contribution is -2.50. The van der Waals surface area contributed by atoms with Gasteiger partial charge in [0.15, 0.2) is 17.6 Å². The summed E-state index contributed by atoms with van der Waals surface area (Å²) in [7, 11) is 0. The molecule has 0 spiro atoms. The van der Waals surface area contributed by atoms with Crippen molar-refractivity contribution in [1.29, 1.82) is 5.41 Å². The second-order valence-electron chi connectivity index (χ2n) is 15.2. The fourth-order valence-electron chi connectivity index (χ4n) is 6.38. The fraction of sp³-hybridized carbons (Fsp3) is 0.472. The molecule has 2 aromatic carbocycles. The lowest BCUT2D eigenvalue weighted by atomic mass is 9.92. The molecule has 1 saturated carbocycles. The summed E-state index contributed by atoms with van der Waals surface area (Å²) in [5, 5.41) is 24.6. The summed E-state index contributed by atoms with van der Waals surface area (Å²) < 4.78 is 116. The number of benzene rings is 2. The zero-order chi connectivity index (χ0) is 43.1. The van der Waals surface area contributed by atoms with Crippen molar-refractivity contribution in [3.8, 4) is 5.69 Å². The van der Waals surface area contributed by atoms with Crippen molar-refractivity contribution in [2.75, 3.05) is 24.6 Å². The van der Waals surface area contributed by atoms with Crippen molar-refractivity contribution in [3.05, 3.63) is 82.4 Å². The van der Waals surface area contributed by atoms with E-state index in [9.17, 15) is 44.7 Å². The molecule has 0 bridgehead atoms. The molecule has 3 N–H and O–H groups in total. The van der Waals surface area contributed by atoms with Gasteiger partial charge in [-0.05, 0) is 66.6 Å². The minimum Gasteiger partial charge on any atom is -0.447 e. The number of carbonyl (C=O) groups excluding carboxylic acids is 2. The van der Waals surface area contributed by atoms with Crippen LogP contribution in [0.25, 0.3) is 5.69 Å². The predicted molar refractivity (Wildman–Crippen MR) is 195 cm³/mol. The molecule has 2 aromatic heterocycles. The third-order valence-electron chi connectivity index (χ3n) is 9.78. The number of aromatic nitrogens is 6. The van der Waals surface area contributed by atoms with Crippen molar-refractivity contribution in [3.63, 3.8) is 0 Å². The first kappa shape index (κ1) is 43.0. The lowest BCUT2D eigenvalue weighted by molar-refractivity contribution is -0.164. The minimum absolute atomic E-state index is 0.0236. The van der Waals surface area contributed by atoms with E-state index in [1.54, 1.807) is 4.90 Å².